The van der Waals surface area contributed by atoms with Crippen molar-refractivity contribution in [3.8, 4) is 0 Å². The molecule has 1 unspecified atom stereocenters. The second-order valence-electron chi connectivity index (χ2n) is 5.02. The molecule has 0 aliphatic carbocycles. The first-order chi connectivity index (χ1) is 10.0. The first-order valence-electron chi connectivity index (χ1n) is 7.22. The summed E-state index contributed by atoms with van der Waals surface area (Å²) in [5.74, 6) is -0.0497. The van der Waals surface area contributed by atoms with Crippen molar-refractivity contribution in [2.45, 2.75) is 39.5 Å². The molecule has 0 saturated heterocycles. The Balaban J connectivity index is 2.76. The van der Waals surface area contributed by atoms with Crippen LogP contribution >= 0.6 is 11.6 Å². The van der Waals surface area contributed by atoms with Crippen molar-refractivity contribution >= 4 is 23.2 Å². The zero-order chi connectivity index (χ0) is 15.8. The number of hydrogen-bond acceptors (Lipinski definition) is 3. The maximum absolute atomic E-state index is 12.1. The van der Waals surface area contributed by atoms with Crippen LogP contribution in [-0.2, 0) is 0 Å². The molecule has 116 valence electrons. The lowest BCUT2D eigenvalue weighted by Crippen LogP contribution is -2.29. The van der Waals surface area contributed by atoms with E-state index in [1.54, 1.807) is 6.07 Å². The molecule has 0 heterocycles. The molecule has 1 atom stereocenters. The van der Waals surface area contributed by atoms with Gasteiger partial charge in [0, 0.05) is 6.54 Å². The van der Waals surface area contributed by atoms with Crippen molar-refractivity contribution in [3.05, 3.63) is 38.9 Å². The van der Waals surface area contributed by atoms with Crippen molar-refractivity contribution in [3.63, 3.8) is 0 Å². The monoisotopic (exact) mass is 312 g/mol. The molecule has 0 bridgehead atoms. The van der Waals surface area contributed by atoms with E-state index in [4.69, 9.17) is 11.6 Å². The molecule has 0 aliphatic rings. The van der Waals surface area contributed by atoms with Gasteiger partial charge in [0.1, 0.15) is 10.6 Å². The summed E-state index contributed by atoms with van der Waals surface area (Å²) in [6, 6.07) is 4.37. The number of nitro benzene ring substituents is 1. The van der Waals surface area contributed by atoms with Crippen LogP contribution in [0.15, 0.2) is 18.2 Å². The predicted octanol–water partition coefficient (Wildman–Crippen LogP) is 4.19. The normalized spacial score (nSPS) is 12.0. The van der Waals surface area contributed by atoms with Crippen molar-refractivity contribution in [2.75, 3.05) is 6.54 Å². The van der Waals surface area contributed by atoms with Gasteiger partial charge in [0.2, 0.25) is 0 Å². The van der Waals surface area contributed by atoms with Gasteiger partial charge >= 0.3 is 5.69 Å². The minimum absolute atomic E-state index is 0.0119. The highest BCUT2D eigenvalue weighted by atomic mass is 35.5. The average molecular weight is 313 g/mol. The van der Waals surface area contributed by atoms with E-state index in [1.807, 2.05) is 0 Å². The van der Waals surface area contributed by atoms with Crippen LogP contribution in [0.3, 0.4) is 0 Å². The van der Waals surface area contributed by atoms with Crippen LogP contribution in [0.2, 0.25) is 5.02 Å². The number of benzene rings is 1. The van der Waals surface area contributed by atoms with Gasteiger partial charge in [-0.1, -0.05) is 50.8 Å². The largest absolute Gasteiger partial charge is 0.352 e. The van der Waals surface area contributed by atoms with Gasteiger partial charge in [0.15, 0.2) is 0 Å². The van der Waals surface area contributed by atoms with E-state index >= 15 is 0 Å². The quantitative estimate of drug-likeness (QED) is 0.577. The lowest BCUT2D eigenvalue weighted by atomic mass is 9.99. The van der Waals surface area contributed by atoms with E-state index in [0.29, 0.717) is 12.5 Å². The smallest absolute Gasteiger partial charge is 0.300 e. The van der Waals surface area contributed by atoms with Crippen LogP contribution < -0.4 is 5.32 Å². The molecule has 6 heteroatoms. The number of nitrogens with one attached hydrogen (secondary N) is 1. The molecule has 5 nitrogen and oxygen atoms in total. The lowest BCUT2D eigenvalue weighted by molar-refractivity contribution is -0.385. The molecule has 1 aromatic rings. The third-order valence-corrected chi connectivity index (χ3v) is 3.81. The minimum Gasteiger partial charge on any atom is -0.352 e. The Morgan fingerprint density at radius 2 is 2.14 bits per heavy atom. The molecule has 0 aliphatic heterocycles. The number of para-hydroxylation sites is 1. The van der Waals surface area contributed by atoms with Crippen molar-refractivity contribution in [1.29, 1.82) is 0 Å². The van der Waals surface area contributed by atoms with Crippen molar-refractivity contribution in [1.82, 2.24) is 5.32 Å². The maximum atomic E-state index is 12.1. The van der Waals surface area contributed by atoms with Gasteiger partial charge in [-0.05, 0) is 24.5 Å². The Hall–Kier alpha value is -1.62. The van der Waals surface area contributed by atoms with Gasteiger partial charge in [0.25, 0.3) is 5.91 Å². The van der Waals surface area contributed by atoms with Gasteiger partial charge in [-0.25, -0.2) is 0 Å². The van der Waals surface area contributed by atoms with Crippen LogP contribution in [0.1, 0.15) is 49.9 Å². The molecule has 21 heavy (non-hydrogen) atoms. The predicted molar refractivity (Wildman–Crippen MR) is 83.7 cm³/mol. The number of carbonyl (C=O) groups is 1. The fourth-order valence-corrected chi connectivity index (χ4v) is 2.40. The Morgan fingerprint density at radius 3 is 2.71 bits per heavy atom. The highest BCUT2D eigenvalue weighted by Gasteiger charge is 2.23. The number of hydrogen-bond donors (Lipinski definition) is 1. The van der Waals surface area contributed by atoms with Crippen LogP contribution in [0.5, 0.6) is 0 Å². The van der Waals surface area contributed by atoms with Gasteiger partial charge in [0.05, 0.1) is 4.92 Å². The standard InChI is InChI=1S/C15H21ClN2O3/c1-3-5-7-11(4-2)10-17-15(19)12-8-6-9-13(16)14(12)18(20)21/h6,8-9,11H,3-5,7,10H2,1-2H3,(H,17,19). The zero-order valence-electron chi connectivity index (χ0n) is 12.4. The van der Waals surface area contributed by atoms with E-state index in [2.05, 4.69) is 19.2 Å². The van der Waals surface area contributed by atoms with Crippen LogP contribution in [0.25, 0.3) is 0 Å². The molecule has 0 radical (unpaired) electrons. The molecule has 1 aromatic carbocycles. The molecule has 0 fully saturated rings. The Bertz CT molecular complexity index is 506. The van der Waals surface area contributed by atoms with Gasteiger partial charge in [-0.2, -0.15) is 0 Å². The van der Waals surface area contributed by atoms with Gasteiger partial charge in [-0.3, -0.25) is 14.9 Å². The molecular formula is C15H21ClN2O3. The maximum Gasteiger partial charge on any atom is 0.300 e. The Labute approximate surface area is 129 Å². The van der Waals surface area contributed by atoms with Crippen LogP contribution in [0.4, 0.5) is 5.69 Å². The molecular weight excluding hydrogens is 292 g/mol. The molecule has 0 spiro atoms. The number of nitrogens with zero attached hydrogens (tertiary/aromatic N) is 1. The SMILES string of the molecule is CCCCC(CC)CNC(=O)c1cccc(Cl)c1[N+](=O)[O-]. The number of nitro groups is 1. The second kappa shape index (κ2) is 8.62. The number of rotatable bonds is 8. The fourth-order valence-electron chi connectivity index (χ4n) is 2.16. The molecule has 1 rings (SSSR count). The third-order valence-electron chi connectivity index (χ3n) is 3.51. The summed E-state index contributed by atoms with van der Waals surface area (Å²) < 4.78 is 0. The van der Waals surface area contributed by atoms with E-state index in [1.165, 1.54) is 12.1 Å². The van der Waals surface area contributed by atoms with E-state index in [9.17, 15) is 14.9 Å². The molecule has 0 aromatic heterocycles. The summed E-state index contributed by atoms with van der Waals surface area (Å²) in [7, 11) is 0. The highest BCUT2D eigenvalue weighted by molar-refractivity contribution is 6.33. The highest BCUT2D eigenvalue weighted by Crippen LogP contribution is 2.28. The van der Waals surface area contributed by atoms with Crippen LogP contribution in [-0.4, -0.2) is 17.4 Å². The summed E-state index contributed by atoms with van der Waals surface area (Å²) >= 11 is 5.81. The molecule has 0 saturated carbocycles. The lowest BCUT2D eigenvalue weighted by Gasteiger charge is -2.15. The Kier molecular flexibility index (Phi) is 7.15. The minimum atomic E-state index is -0.619. The van der Waals surface area contributed by atoms with Crippen molar-refractivity contribution in [2.24, 2.45) is 5.92 Å². The number of unbranched alkanes of at least 4 members (excludes halogenated alkanes) is 1. The van der Waals surface area contributed by atoms with E-state index < -0.39 is 10.8 Å². The van der Waals surface area contributed by atoms with Crippen LogP contribution in [0, 0.1) is 16.0 Å². The Morgan fingerprint density at radius 1 is 1.43 bits per heavy atom. The topological polar surface area (TPSA) is 72.2 Å². The van der Waals surface area contributed by atoms with Crippen molar-refractivity contribution < 1.29 is 9.72 Å². The summed E-state index contributed by atoms with van der Waals surface area (Å²) in [6.07, 6.45) is 4.25. The first-order valence-corrected chi connectivity index (χ1v) is 7.60. The third kappa shape index (κ3) is 5.01. The first kappa shape index (κ1) is 17.4. The van der Waals surface area contributed by atoms with Gasteiger partial charge in [-0.15, -0.1) is 0 Å². The fraction of sp³-hybridized carbons (Fsp3) is 0.533. The average Bonchev–Trinajstić information content (AvgIpc) is 2.46. The number of amides is 1. The summed E-state index contributed by atoms with van der Waals surface area (Å²) in [5, 5.41) is 13.8. The van der Waals surface area contributed by atoms with E-state index in [0.717, 1.165) is 25.7 Å². The van der Waals surface area contributed by atoms with E-state index in [-0.39, 0.29) is 16.3 Å². The zero-order valence-corrected chi connectivity index (χ0v) is 13.2. The van der Waals surface area contributed by atoms with Gasteiger partial charge < -0.3 is 5.32 Å². The summed E-state index contributed by atoms with van der Waals surface area (Å²) in [5.41, 5.74) is -0.323. The molecule has 1 N–H and O–H groups in total. The molecule has 1 amide bonds. The second-order valence-corrected chi connectivity index (χ2v) is 5.43. The number of carbonyl (C=O) groups excluding carboxylic acids is 1. The summed E-state index contributed by atoms with van der Waals surface area (Å²) in [4.78, 5) is 22.5. The number of halogens is 1. The summed E-state index contributed by atoms with van der Waals surface area (Å²) in [6.45, 7) is 4.73.